The molecule has 0 aliphatic carbocycles. The summed E-state index contributed by atoms with van der Waals surface area (Å²) in [7, 11) is 1.70. The third kappa shape index (κ3) is 4.25. The molecule has 2 heterocycles. The van der Waals surface area contributed by atoms with Crippen molar-refractivity contribution in [1.29, 1.82) is 0 Å². The Morgan fingerprint density at radius 2 is 1.70 bits per heavy atom. The summed E-state index contributed by atoms with van der Waals surface area (Å²) < 4.78 is 7.44. The Morgan fingerprint density at radius 3 is 2.44 bits per heavy atom. The summed E-state index contributed by atoms with van der Waals surface area (Å²) >= 11 is 3.59. The average Bonchev–Trinajstić information content (AvgIpc) is 2.72. The van der Waals surface area contributed by atoms with Crippen LogP contribution in [-0.2, 0) is 12.8 Å². The summed E-state index contributed by atoms with van der Waals surface area (Å²) in [4.78, 5) is 7.48. The van der Waals surface area contributed by atoms with Gasteiger partial charge in [-0.05, 0) is 42.0 Å². The number of ether oxygens (including phenoxy) is 1. The van der Waals surface area contributed by atoms with Crippen molar-refractivity contribution in [2.75, 3.05) is 38.2 Å². The molecule has 2 aromatic carbocycles. The highest BCUT2D eigenvalue weighted by atomic mass is 79.9. The molecule has 0 amide bonds. The standard InChI is InChI=1S/C22H24BrN3O/c1-27-20-10-7-17(8-11-20)6-9-19-16-18-4-2-3-5-21(18)22(24-19)25-12-14-26(23)15-13-25/h2-5,7-8,10-11,16H,6,9,12-15H2,1H3. The van der Waals surface area contributed by atoms with Gasteiger partial charge in [-0.15, -0.1) is 0 Å². The molecule has 0 radical (unpaired) electrons. The molecule has 140 valence electrons. The molecule has 1 aliphatic rings. The maximum Gasteiger partial charge on any atom is 0.136 e. The Bertz CT molecular complexity index is 905. The largest absolute Gasteiger partial charge is 0.497 e. The van der Waals surface area contributed by atoms with Gasteiger partial charge in [-0.3, -0.25) is 0 Å². The van der Waals surface area contributed by atoms with Gasteiger partial charge in [-0.2, -0.15) is 0 Å². The molecule has 0 saturated carbocycles. The van der Waals surface area contributed by atoms with Crippen molar-refractivity contribution in [2.45, 2.75) is 12.8 Å². The van der Waals surface area contributed by atoms with E-state index < -0.39 is 0 Å². The lowest BCUT2D eigenvalue weighted by atomic mass is 10.0. The molecular weight excluding hydrogens is 402 g/mol. The van der Waals surface area contributed by atoms with E-state index in [1.54, 1.807) is 7.11 Å². The monoisotopic (exact) mass is 425 g/mol. The number of piperazine rings is 1. The fourth-order valence-corrected chi connectivity index (χ4v) is 3.88. The van der Waals surface area contributed by atoms with Gasteiger partial charge in [0.05, 0.1) is 7.11 Å². The predicted octanol–water partition coefficient (Wildman–Crippen LogP) is 4.46. The van der Waals surface area contributed by atoms with Gasteiger partial charge in [-0.25, -0.2) is 8.91 Å². The summed E-state index contributed by atoms with van der Waals surface area (Å²) in [5.41, 5.74) is 2.46. The number of hydrogen-bond donors (Lipinski definition) is 0. The number of benzene rings is 2. The van der Waals surface area contributed by atoms with Gasteiger partial charge in [-0.1, -0.05) is 36.4 Å². The van der Waals surface area contributed by atoms with Crippen LogP contribution in [0.2, 0.25) is 0 Å². The van der Waals surface area contributed by atoms with Crippen LogP contribution in [0.5, 0.6) is 5.75 Å². The lowest BCUT2D eigenvalue weighted by Gasteiger charge is -2.33. The quantitative estimate of drug-likeness (QED) is 0.564. The van der Waals surface area contributed by atoms with E-state index in [9.17, 15) is 0 Å². The van der Waals surface area contributed by atoms with E-state index in [2.05, 4.69) is 67.4 Å². The maximum absolute atomic E-state index is 5.25. The zero-order valence-corrected chi connectivity index (χ0v) is 17.2. The molecule has 4 rings (SSSR count). The zero-order valence-electron chi connectivity index (χ0n) is 15.6. The molecule has 0 bridgehead atoms. The highest BCUT2D eigenvalue weighted by Gasteiger charge is 2.19. The van der Waals surface area contributed by atoms with Crippen molar-refractivity contribution < 1.29 is 4.74 Å². The fourth-order valence-electron chi connectivity index (χ4n) is 3.56. The van der Waals surface area contributed by atoms with E-state index >= 15 is 0 Å². The number of hydrogen-bond acceptors (Lipinski definition) is 4. The lowest BCUT2D eigenvalue weighted by Crippen LogP contribution is -2.42. The normalized spacial score (nSPS) is 15.3. The highest BCUT2D eigenvalue weighted by molar-refractivity contribution is 9.07. The molecule has 0 spiro atoms. The SMILES string of the molecule is COc1ccc(CCc2cc3ccccc3c(N3CCN(Br)CC3)n2)cc1. The molecule has 5 heteroatoms. The van der Waals surface area contributed by atoms with Crippen LogP contribution in [0.25, 0.3) is 10.8 Å². The molecule has 0 unspecified atom stereocenters. The first-order valence-corrected chi connectivity index (χ1v) is 10.1. The van der Waals surface area contributed by atoms with Gasteiger partial charge in [0.2, 0.25) is 0 Å². The third-order valence-electron chi connectivity index (χ3n) is 5.13. The number of anilines is 1. The van der Waals surface area contributed by atoms with Gasteiger partial charge < -0.3 is 9.64 Å². The Kier molecular flexibility index (Phi) is 5.60. The summed E-state index contributed by atoms with van der Waals surface area (Å²) in [6.07, 6.45) is 1.91. The second kappa shape index (κ2) is 8.28. The molecule has 27 heavy (non-hydrogen) atoms. The van der Waals surface area contributed by atoms with E-state index in [1.807, 2.05) is 12.1 Å². The summed E-state index contributed by atoms with van der Waals surface area (Å²) in [5.74, 6) is 2.02. The van der Waals surface area contributed by atoms with Crippen LogP contribution in [-0.4, -0.2) is 42.2 Å². The van der Waals surface area contributed by atoms with Crippen LogP contribution in [0.15, 0.2) is 54.6 Å². The number of pyridine rings is 1. The second-order valence-electron chi connectivity index (χ2n) is 6.90. The Hall–Kier alpha value is -2.11. The predicted molar refractivity (Wildman–Crippen MR) is 115 cm³/mol. The van der Waals surface area contributed by atoms with Gasteiger partial charge in [0, 0.05) is 53.4 Å². The maximum atomic E-state index is 5.25. The van der Waals surface area contributed by atoms with Crippen molar-refractivity contribution in [3.63, 3.8) is 0 Å². The first-order valence-electron chi connectivity index (χ1n) is 9.40. The summed E-state index contributed by atoms with van der Waals surface area (Å²) in [5, 5.41) is 2.52. The van der Waals surface area contributed by atoms with Gasteiger partial charge >= 0.3 is 0 Å². The zero-order chi connectivity index (χ0) is 18.6. The minimum absolute atomic E-state index is 0.899. The molecule has 0 atom stereocenters. The molecule has 3 aromatic rings. The number of aryl methyl sites for hydroxylation is 2. The number of rotatable bonds is 5. The van der Waals surface area contributed by atoms with Crippen molar-refractivity contribution >= 4 is 32.7 Å². The summed E-state index contributed by atoms with van der Waals surface area (Å²) in [6.45, 7) is 3.99. The van der Waals surface area contributed by atoms with Gasteiger partial charge in [0.1, 0.15) is 11.6 Å². The highest BCUT2D eigenvalue weighted by Crippen LogP contribution is 2.27. The minimum atomic E-state index is 0.899. The molecule has 1 saturated heterocycles. The van der Waals surface area contributed by atoms with Crippen LogP contribution in [0.4, 0.5) is 5.82 Å². The molecule has 1 fully saturated rings. The lowest BCUT2D eigenvalue weighted by molar-refractivity contribution is 0.414. The van der Waals surface area contributed by atoms with Crippen LogP contribution >= 0.6 is 16.1 Å². The molecule has 0 N–H and O–H groups in total. The van der Waals surface area contributed by atoms with E-state index in [0.29, 0.717) is 0 Å². The second-order valence-corrected chi connectivity index (χ2v) is 7.91. The first kappa shape index (κ1) is 18.3. The topological polar surface area (TPSA) is 28.6 Å². The molecule has 4 nitrogen and oxygen atoms in total. The number of aromatic nitrogens is 1. The van der Waals surface area contributed by atoms with E-state index in [0.717, 1.165) is 56.3 Å². The van der Waals surface area contributed by atoms with Crippen molar-refractivity contribution in [2.24, 2.45) is 0 Å². The van der Waals surface area contributed by atoms with Crippen LogP contribution in [0.3, 0.4) is 0 Å². The van der Waals surface area contributed by atoms with Crippen LogP contribution in [0, 0.1) is 0 Å². The van der Waals surface area contributed by atoms with Crippen LogP contribution < -0.4 is 9.64 Å². The molecule has 1 aliphatic heterocycles. The smallest absolute Gasteiger partial charge is 0.136 e. The van der Waals surface area contributed by atoms with E-state index in [1.165, 1.54) is 16.3 Å². The van der Waals surface area contributed by atoms with Crippen molar-refractivity contribution in [3.8, 4) is 5.75 Å². The van der Waals surface area contributed by atoms with Crippen LogP contribution in [0.1, 0.15) is 11.3 Å². The van der Waals surface area contributed by atoms with Crippen molar-refractivity contribution in [3.05, 3.63) is 65.9 Å². The third-order valence-corrected chi connectivity index (χ3v) is 5.84. The number of nitrogens with zero attached hydrogens (tertiary/aromatic N) is 3. The Morgan fingerprint density at radius 1 is 0.963 bits per heavy atom. The summed E-state index contributed by atoms with van der Waals surface area (Å²) in [6, 6.07) is 19.1. The van der Waals surface area contributed by atoms with Gasteiger partial charge in [0.25, 0.3) is 0 Å². The Balaban J connectivity index is 1.58. The number of halogens is 1. The van der Waals surface area contributed by atoms with E-state index in [4.69, 9.17) is 9.72 Å². The van der Waals surface area contributed by atoms with E-state index in [-0.39, 0.29) is 0 Å². The first-order chi connectivity index (χ1) is 13.2. The fraction of sp³-hybridized carbons (Fsp3) is 0.318. The number of fused-ring (bicyclic) bond motifs is 1. The number of methoxy groups -OCH3 is 1. The Labute approximate surface area is 169 Å². The molecular formula is C22H24BrN3O. The van der Waals surface area contributed by atoms with Crippen molar-refractivity contribution in [1.82, 2.24) is 8.91 Å². The van der Waals surface area contributed by atoms with Gasteiger partial charge in [0.15, 0.2) is 0 Å². The average molecular weight is 426 g/mol. The molecule has 1 aromatic heterocycles. The minimum Gasteiger partial charge on any atom is -0.497 e.